The number of nitrogens with zero attached hydrogens (tertiary/aromatic N) is 2. The number of rotatable bonds is 6. The van der Waals surface area contributed by atoms with Crippen LogP contribution in [0.3, 0.4) is 0 Å². The van der Waals surface area contributed by atoms with Gasteiger partial charge in [0, 0.05) is 38.2 Å². The van der Waals surface area contributed by atoms with Gasteiger partial charge in [-0.1, -0.05) is 18.2 Å². The molecule has 0 radical (unpaired) electrons. The van der Waals surface area contributed by atoms with Gasteiger partial charge in [0.05, 0.1) is 18.0 Å². The van der Waals surface area contributed by atoms with Crippen molar-refractivity contribution in [3.63, 3.8) is 0 Å². The summed E-state index contributed by atoms with van der Waals surface area (Å²) in [5.41, 5.74) is 0. The van der Waals surface area contributed by atoms with Crippen LogP contribution in [0.15, 0.2) is 35.2 Å². The number of halogens is 2. The van der Waals surface area contributed by atoms with Gasteiger partial charge in [-0.15, -0.1) is 0 Å². The van der Waals surface area contributed by atoms with Crippen LogP contribution in [0.5, 0.6) is 0 Å². The van der Waals surface area contributed by atoms with Crippen molar-refractivity contribution in [2.75, 3.05) is 32.8 Å². The molecule has 146 valence electrons. The van der Waals surface area contributed by atoms with E-state index in [1.54, 1.807) is 30.3 Å². The molecule has 0 spiro atoms. The minimum absolute atomic E-state index is 0.0314. The average Bonchev–Trinajstić information content (AvgIpc) is 2.95. The Bertz CT molecular complexity index is 692. The van der Waals surface area contributed by atoms with Crippen molar-refractivity contribution in [3.8, 4) is 0 Å². The zero-order chi connectivity index (χ0) is 18.8. The van der Waals surface area contributed by atoms with Crippen LogP contribution in [0.25, 0.3) is 0 Å². The van der Waals surface area contributed by atoms with Crippen molar-refractivity contribution in [3.05, 3.63) is 30.3 Å². The number of benzene rings is 1. The molecular weight excluding hydrogens is 362 g/mol. The van der Waals surface area contributed by atoms with Crippen LogP contribution in [0.2, 0.25) is 0 Å². The van der Waals surface area contributed by atoms with E-state index in [2.05, 4.69) is 0 Å². The fourth-order valence-electron chi connectivity index (χ4n) is 3.91. The Hall–Kier alpha value is -1.09. The molecule has 0 saturated carbocycles. The minimum atomic E-state index is -3.52. The molecule has 0 aliphatic carbocycles. The van der Waals surface area contributed by atoms with Crippen molar-refractivity contribution in [2.24, 2.45) is 0 Å². The molecule has 2 fully saturated rings. The van der Waals surface area contributed by atoms with Crippen molar-refractivity contribution >= 4 is 10.0 Å². The van der Waals surface area contributed by atoms with E-state index in [0.29, 0.717) is 39.1 Å². The third-order valence-corrected chi connectivity index (χ3v) is 7.12. The van der Waals surface area contributed by atoms with Crippen LogP contribution in [-0.2, 0) is 14.8 Å². The Morgan fingerprint density at radius 2 is 1.85 bits per heavy atom. The van der Waals surface area contributed by atoms with Crippen molar-refractivity contribution in [1.82, 2.24) is 9.21 Å². The van der Waals surface area contributed by atoms with Gasteiger partial charge in [0.2, 0.25) is 10.0 Å². The topological polar surface area (TPSA) is 49.9 Å². The molecule has 26 heavy (non-hydrogen) atoms. The molecular formula is C18H26F2N2O3S. The molecule has 0 aromatic heterocycles. The second kappa shape index (κ2) is 7.88. The molecule has 1 aromatic carbocycles. The average molecular weight is 388 g/mol. The summed E-state index contributed by atoms with van der Waals surface area (Å²) in [5.74, 6) is -2.70. The molecule has 2 heterocycles. The van der Waals surface area contributed by atoms with Gasteiger partial charge in [-0.2, -0.15) is 4.31 Å². The molecule has 0 unspecified atom stereocenters. The Labute approximate surface area is 154 Å². The van der Waals surface area contributed by atoms with Crippen molar-refractivity contribution < 1.29 is 21.9 Å². The number of hydrogen-bond acceptors (Lipinski definition) is 4. The Balaban J connectivity index is 1.64. The maximum absolute atomic E-state index is 13.9. The number of hydrogen-bond donors (Lipinski definition) is 0. The van der Waals surface area contributed by atoms with Crippen LogP contribution in [-0.4, -0.2) is 68.5 Å². The highest BCUT2D eigenvalue weighted by atomic mass is 32.2. The predicted octanol–water partition coefficient (Wildman–Crippen LogP) is 2.59. The van der Waals surface area contributed by atoms with Gasteiger partial charge in [0.15, 0.2) is 0 Å². The van der Waals surface area contributed by atoms with Gasteiger partial charge in [0.25, 0.3) is 5.92 Å². The Morgan fingerprint density at radius 3 is 2.46 bits per heavy atom. The van der Waals surface area contributed by atoms with Gasteiger partial charge >= 0.3 is 0 Å². The lowest BCUT2D eigenvalue weighted by Crippen LogP contribution is -2.49. The molecule has 8 heteroatoms. The van der Waals surface area contributed by atoms with Crippen molar-refractivity contribution in [2.45, 2.75) is 49.1 Å². The molecule has 5 nitrogen and oxygen atoms in total. The monoisotopic (exact) mass is 388 g/mol. The van der Waals surface area contributed by atoms with Gasteiger partial charge in [-0.3, -0.25) is 4.90 Å². The van der Waals surface area contributed by atoms with Crippen LogP contribution < -0.4 is 0 Å². The van der Waals surface area contributed by atoms with Gasteiger partial charge < -0.3 is 4.74 Å². The highest BCUT2D eigenvalue weighted by Crippen LogP contribution is 2.36. The number of alkyl halides is 2. The predicted molar refractivity (Wildman–Crippen MR) is 94.8 cm³/mol. The first-order valence-corrected chi connectivity index (χ1v) is 10.5. The summed E-state index contributed by atoms with van der Waals surface area (Å²) in [5, 5.41) is 0. The minimum Gasteiger partial charge on any atom is -0.380 e. The van der Waals surface area contributed by atoms with Crippen molar-refractivity contribution in [1.29, 1.82) is 0 Å². The van der Waals surface area contributed by atoms with Crippen LogP contribution in [0, 0.1) is 0 Å². The van der Waals surface area contributed by atoms with Gasteiger partial charge in [0.1, 0.15) is 0 Å². The number of sulfonamides is 1. The number of likely N-dealkylation sites (tertiary alicyclic amines) is 1. The van der Waals surface area contributed by atoms with E-state index in [1.807, 2.05) is 11.8 Å². The zero-order valence-corrected chi connectivity index (χ0v) is 15.8. The first-order valence-electron chi connectivity index (χ1n) is 9.10. The highest BCUT2D eigenvalue weighted by Gasteiger charge is 2.48. The van der Waals surface area contributed by atoms with E-state index in [9.17, 15) is 17.2 Å². The molecule has 2 aliphatic rings. The summed E-state index contributed by atoms with van der Waals surface area (Å²) >= 11 is 0. The van der Waals surface area contributed by atoms with Crippen LogP contribution in [0.4, 0.5) is 8.78 Å². The largest absolute Gasteiger partial charge is 0.380 e. The molecule has 1 atom stereocenters. The smallest absolute Gasteiger partial charge is 0.262 e. The molecule has 0 N–H and O–H groups in total. The second-order valence-electron chi connectivity index (χ2n) is 6.99. The summed E-state index contributed by atoms with van der Waals surface area (Å²) in [6, 6.07) is 8.01. The fraction of sp³-hybridized carbons (Fsp3) is 0.667. The molecule has 0 amide bonds. The normalized spacial score (nSPS) is 25.6. The lowest BCUT2D eigenvalue weighted by molar-refractivity contribution is 0.00455. The lowest BCUT2D eigenvalue weighted by Gasteiger charge is -2.38. The summed E-state index contributed by atoms with van der Waals surface area (Å²) in [6.45, 7) is 3.10. The summed E-state index contributed by atoms with van der Waals surface area (Å²) < 4.78 is 60.1. The second-order valence-corrected chi connectivity index (χ2v) is 8.93. The van der Waals surface area contributed by atoms with E-state index < -0.39 is 15.9 Å². The van der Waals surface area contributed by atoms with E-state index in [0.717, 1.165) is 0 Å². The summed E-state index contributed by atoms with van der Waals surface area (Å²) in [4.78, 5) is 2.11. The first-order chi connectivity index (χ1) is 12.3. The number of ether oxygens (including phenoxy) is 1. The molecule has 3 rings (SSSR count). The van der Waals surface area contributed by atoms with Crippen LogP contribution in [0.1, 0.15) is 26.2 Å². The maximum Gasteiger partial charge on any atom is 0.262 e. The van der Waals surface area contributed by atoms with E-state index in [4.69, 9.17) is 4.74 Å². The Kier molecular flexibility index (Phi) is 5.96. The molecule has 1 aromatic rings. The first kappa shape index (κ1) is 19.7. The molecule has 2 saturated heterocycles. The summed E-state index contributed by atoms with van der Waals surface area (Å²) in [6.07, 6.45) is 0.936. The molecule has 2 aliphatic heterocycles. The number of piperidine rings is 1. The zero-order valence-electron chi connectivity index (χ0n) is 15.0. The van der Waals surface area contributed by atoms with E-state index in [-0.39, 0.29) is 29.9 Å². The summed E-state index contributed by atoms with van der Waals surface area (Å²) in [7, 11) is -3.52. The van der Waals surface area contributed by atoms with E-state index in [1.165, 1.54) is 4.31 Å². The van der Waals surface area contributed by atoms with Gasteiger partial charge in [-0.05, 0) is 31.9 Å². The molecule has 0 bridgehead atoms. The van der Waals surface area contributed by atoms with Gasteiger partial charge in [-0.25, -0.2) is 17.2 Å². The SMILES string of the molecule is CCOC[C@@H]1CC(F)(F)CN1C1CCN(S(=O)(=O)c2ccccc2)CC1. The third kappa shape index (κ3) is 4.24. The fourth-order valence-corrected chi connectivity index (χ4v) is 5.40. The standard InChI is InChI=1S/C18H26F2N2O3S/c1-2-25-13-16-12-18(19,20)14-22(16)15-8-10-21(11-9-15)26(23,24)17-6-4-3-5-7-17/h3-7,15-16H,2,8-14H2,1H3/t16-/m0/s1. The Morgan fingerprint density at radius 1 is 1.19 bits per heavy atom. The highest BCUT2D eigenvalue weighted by molar-refractivity contribution is 7.89. The van der Waals surface area contributed by atoms with E-state index >= 15 is 0 Å². The van der Waals surface area contributed by atoms with Crippen LogP contribution >= 0.6 is 0 Å². The maximum atomic E-state index is 13.9. The quantitative estimate of drug-likeness (QED) is 0.752. The lowest BCUT2D eigenvalue weighted by atomic mass is 10.0. The third-order valence-electron chi connectivity index (χ3n) is 5.20.